The number of methoxy groups -OCH3 is 1. The predicted octanol–water partition coefficient (Wildman–Crippen LogP) is 2.79. The second-order valence-corrected chi connectivity index (χ2v) is 4.98. The van der Waals surface area contributed by atoms with Gasteiger partial charge in [-0.2, -0.15) is 0 Å². The highest BCUT2D eigenvalue weighted by atomic mass is 16.5. The van der Waals surface area contributed by atoms with Crippen LogP contribution in [0.2, 0.25) is 0 Å². The van der Waals surface area contributed by atoms with Gasteiger partial charge in [-0.15, -0.1) is 0 Å². The van der Waals surface area contributed by atoms with Gasteiger partial charge in [-0.1, -0.05) is 18.2 Å². The number of nitrogens with two attached hydrogens (primary N) is 1. The van der Waals surface area contributed by atoms with Crippen LogP contribution in [0.15, 0.2) is 30.5 Å². The third-order valence-corrected chi connectivity index (χ3v) is 3.50. The molecule has 0 unspecified atom stereocenters. The Bertz CT molecular complexity index is 612. The molecule has 0 bridgehead atoms. The van der Waals surface area contributed by atoms with Crippen molar-refractivity contribution >= 4 is 0 Å². The van der Waals surface area contributed by atoms with Crippen LogP contribution in [0, 0.1) is 13.8 Å². The van der Waals surface area contributed by atoms with Crippen molar-refractivity contribution in [1.29, 1.82) is 0 Å². The first-order valence-electron chi connectivity index (χ1n) is 7.07. The average molecular weight is 286 g/mol. The minimum absolute atomic E-state index is 0.421. The SMILES string of the molecule is COc1c(C)cnc(COc2ccccc2CCN)c1C. The van der Waals surface area contributed by atoms with Gasteiger partial charge in [-0.05, 0) is 38.4 Å². The quantitative estimate of drug-likeness (QED) is 0.887. The highest BCUT2D eigenvalue weighted by Gasteiger charge is 2.10. The van der Waals surface area contributed by atoms with E-state index in [0.29, 0.717) is 13.2 Å². The lowest BCUT2D eigenvalue weighted by Gasteiger charge is -2.14. The lowest BCUT2D eigenvalue weighted by molar-refractivity contribution is 0.295. The molecule has 0 saturated heterocycles. The average Bonchev–Trinajstić information content (AvgIpc) is 2.49. The molecule has 0 saturated carbocycles. The molecule has 2 aromatic rings. The predicted molar refractivity (Wildman–Crippen MR) is 83.8 cm³/mol. The number of ether oxygens (including phenoxy) is 2. The molecule has 2 N–H and O–H groups in total. The van der Waals surface area contributed by atoms with E-state index in [2.05, 4.69) is 4.98 Å². The minimum Gasteiger partial charge on any atom is -0.496 e. The largest absolute Gasteiger partial charge is 0.496 e. The van der Waals surface area contributed by atoms with E-state index in [-0.39, 0.29) is 0 Å². The van der Waals surface area contributed by atoms with E-state index in [0.717, 1.165) is 40.3 Å². The van der Waals surface area contributed by atoms with Crippen LogP contribution in [0.1, 0.15) is 22.4 Å². The third kappa shape index (κ3) is 3.52. The number of aromatic nitrogens is 1. The molecule has 4 nitrogen and oxygen atoms in total. The summed E-state index contributed by atoms with van der Waals surface area (Å²) < 4.78 is 11.3. The van der Waals surface area contributed by atoms with Crippen LogP contribution in [0.5, 0.6) is 11.5 Å². The highest BCUT2D eigenvalue weighted by Crippen LogP contribution is 2.25. The lowest BCUT2D eigenvalue weighted by Crippen LogP contribution is -2.07. The number of para-hydroxylation sites is 1. The van der Waals surface area contributed by atoms with Gasteiger partial charge in [-0.25, -0.2) is 0 Å². The van der Waals surface area contributed by atoms with Crippen LogP contribution in [0.3, 0.4) is 0 Å². The van der Waals surface area contributed by atoms with Gasteiger partial charge in [0.2, 0.25) is 0 Å². The van der Waals surface area contributed by atoms with Gasteiger partial charge in [0, 0.05) is 17.3 Å². The van der Waals surface area contributed by atoms with E-state index in [1.165, 1.54) is 0 Å². The molecule has 1 heterocycles. The van der Waals surface area contributed by atoms with E-state index < -0.39 is 0 Å². The van der Waals surface area contributed by atoms with Gasteiger partial charge in [0.25, 0.3) is 0 Å². The molecule has 1 aromatic carbocycles. The monoisotopic (exact) mass is 286 g/mol. The zero-order valence-corrected chi connectivity index (χ0v) is 12.8. The van der Waals surface area contributed by atoms with Crippen molar-refractivity contribution in [2.45, 2.75) is 26.9 Å². The van der Waals surface area contributed by atoms with Gasteiger partial charge < -0.3 is 15.2 Å². The van der Waals surface area contributed by atoms with Gasteiger partial charge in [0.05, 0.1) is 12.8 Å². The first-order chi connectivity index (χ1) is 10.2. The summed E-state index contributed by atoms with van der Waals surface area (Å²) in [6.45, 7) is 5.02. The Kier molecular flexibility index (Phi) is 5.17. The van der Waals surface area contributed by atoms with E-state index in [1.807, 2.05) is 44.3 Å². The van der Waals surface area contributed by atoms with Crippen LogP contribution in [-0.2, 0) is 13.0 Å². The Morgan fingerprint density at radius 3 is 2.67 bits per heavy atom. The molecule has 4 heteroatoms. The molecular weight excluding hydrogens is 264 g/mol. The number of pyridine rings is 1. The molecule has 112 valence electrons. The molecule has 2 rings (SSSR count). The zero-order chi connectivity index (χ0) is 15.2. The number of benzene rings is 1. The van der Waals surface area contributed by atoms with Gasteiger partial charge in [0.1, 0.15) is 18.1 Å². The van der Waals surface area contributed by atoms with Crippen LogP contribution in [0.4, 0.5) is 0 Å². The summed E-state index contributed by atoms with van der Waals surface area (Å²) in [5.41, 5.74) is 9.69. The van der Waals surface area contributed by atoms with Gasteiger partial charge in [-0.3, -0.25) is 4.98 Å². The summed E-state index contributed by atoms with van der Waals surface area (Å²) in [4.78, 5) is 4.45. The molecule has 0 amide bonds. The Hall–Kier alpha value is -2.07. The van der Waals surface area contributed by atoms with Crippen molar-refractivity contribution in [2.24, 2.45) is 5.73 Å². The summed E-state index contributed by atoms with van der Waals surface area (Å²) in [5, 5.41) is 0. The van der Waals surface area contributed by atoms with E-state index in [9.17, 15) is 0 Å². The molecule has 0 radical (unpaired) electrons. The van der Waals surface area contributed by atoms with Crippen LogP contribution < -0.4 is 15.2 Å². The number of rotatable bonds is 6. The fraction of sp³-hybridized carbons (Fsp3) is 0.353. The molecule has 21 heavy (non-hydrogen) atoms. The molecule has 0 atom stereocenters. The summed E-state index contributed by atoms with van der Waals surface area (Å²) in [6.07, 6.45) is 2.62. The number of hydrogen-bond acceptors (Lipinski definition) is 4. The summed E-state index contributed by atoms with van der Waals surface area (Å²) in [5.74, 6) is 1.74. The Morgan fingerprint density at radius 1 is 1.19 bits per heavy atom. The smallest absolute Gasteiger partial charge is 0.131 e. The van der Waals surface area contributed by atoms with Crippen molar-refractivity contribution in [3.8, 4) is 11.5 Å². The first-order valence-corrected chi connectivity index (χ1v) is 7.07. The Balaban J connectivity index is 2.17. The van der Waals surface area contributed by atoms with Crippen molar-refractivity contribution in [3.63, 3.8) is 0 Å². The Labute approximate surface area is 125 Å². The van der Waals surface area contributed by atoms with Crippen LogP contribution in [-0.4, -0.2) is 18.6 Å². The molecule has 0 fully saturated rings. The van der Waals surface area contributed by atoms with E-state index in [1.54, 1.807) is 7.11 Å². The third-order valence-electron chi connectivity index (χ3n) is 3.50. The van der Waals surface area contributed by atoms with Crippen LogP contribution in [0.25, 0.3) is 0 Å². The van der Waals surface area contributed by atoms with Crippen molar-refractivity contribution < 1.29 is 9.47 Å². The topological polar surface area (TPSA) is 57.4 Å². The van der Waals surface area contributed by atoms with Gasteiger partial charge >= 0.3 is 0 Å². The highest BCUT2D eigenvalue weighted by molar-refractivity contribution is 5.41. The minimum atomic E-state index is 0.421. The summed E-state index contributed by atoms with van der Waals surface area (Å²) >= 11 is 0. The molecule has 0 spiro atoms. The number of aryl methyl sites for hydroxylation is 1. The van der Waals surface area contributed by atoms with E-state index in [4.69, 9.17) is 15.2 Å². The fourth-order valence-corrected chi connectivity index (χ4v) is 2.37. The summed E-state index contributed by atoms with van der Waals surface area (Å²) in [7, 11) is 1.68. The van der Waals surface area contributed by atoms with Crippen molar-refractivity contribution in [1.82, 2.24) is 4.98 Å². The van der Waals surface area contributed by atoms with Crippen molar-refractivity contribution in [3.05, 3.63) is 52.8 Å². The van der Waals surface area contributed by atoms with Crippen LogP contribution >= 0.6 is 0 Å². The van der Waals surface area contributed by atoms with Crippen molar-refractivity contribution in [2.75, 3.05) is 13.7 Å². The second-order valence-electron chi connectivity index (χ2n) is 4.98. The Morgan fingerprint density at radius 2 is 1.95 bits per heavy atom. The number of hydrogen-bond donors (Lipinski definition) is 1. The maximum Gasteiger partial charge on any atom is 0.131 e. The maximum atomic E-state index is 5.92. The first kappa shape index (κ1) is 15.3. The summed E-state index contributed by atoms with van der Waals surface area (Å²) in [6, 6.07) is 7.96. The second kappa shape index (κ2) is 7.09. The molecule has 1 aromatic heterocycles. The molecule has 0 aliphatic rings. The normalized spacial score (nSPS) is 10.5. The lowest BCUT2D eigenvalue weighted by atomic mass is 10.1. The standard InChI is InChI=1S/C17H22N2O2/c1-12-10-19-15(13(2)17(12)20-3)11-21-16-7-5-4-6-14(16)8-9-18/h4-7,10H,8-9,11,18H2,1-3H3. The maximum absolute atomic E-state index is 5.92. The molecular formula is C17H22N2O2. The number of nitrogens with zero attached hydrogens (tertiary/aromatic N) is 1. The zero-order valence-electron chi connectivity index (χ0n) is 12.8. The fourth-order valence-electron chi connectivity index (χ4n) is 2.37. The molecule has 0 aliphatic carbocycles. The molecule has 0 aliphatic heterocycles. The van der Waals surface area contributed by atoms with Gasteiger partial charge in [0.15, 0.2) is 0 Å². The van der Waals surface area contributed by atoms with E-state index >= 15 is 0 Å².